The average molecular weight is 576 g/mol. The molecule has 1 aliphatic heterocycles. The van der Waals surface area contributed by atoms with Gasteiger partial charge in [-0.2, -0.15) is 0 Å². The van der Waals surface area contributed by atoms with Crippen molar-refractivity contribution in [3.63, 3.8) is 0 Å². The Morgan fingerprint density at radius 2 is 1.74 bits per heavy atom. The quantitative estimate of drug-likeness (QED) is 0.287. The van der Waals surface area contributed by atoms with E-state index in [-0.39, 0.29) is 17.9 Å². The van der Waals surface area contributed by atoms with Gasteiger partial charge in [-0.25, -0.2) is 9.69 Å². The number of halogens is 3. The normalized spacial score (nSPS) is 14.8. The highest BCUT2D eigenvalue weighted by molar-refractivity contribution is 9.10. The number of amides is 4. The first-order chi connectivity index (χ1) is 16.8. The minimum absolute atomic E-state index is 0.203. The van der Waals surface area contributed by atoms with Crippen LogP contribution in [0.25, 0.3) is 6.08 Å². The summed E-state index contributed by atoms with van der Waals surface area (Å²) in [5.74, 6) is -0.783. The van der Waals surface area contributed by atoms with E-state index in [0.29, 0.717) is 31.6 Å². The number of hydrogen-bond donors (Lipinski definition) is 1. The van der Waals surface area contributed by atoms with Gasteiger partial charge in [-0.1, -0.05) is 41.4 Å². The van der Waals surface area contributed by atoms with E-state index in [4.69, 9.17) is 32.7 Å². The van der Waals surface area contributed by atoms with Gasteiger partial charge in [0.05, 0.1) is 17.3 Å². The van der Waals surface area contributed by atoms with Crippen LogP contribution in [-0.4, -0.2) is 25.0 Å². The van der Waals surface area contributed by atoms with Crippen LogP contribution in [0, 0.1) is 0 Å². The van der Waals surface area contributed by atoms with Crippen LogP contribution in [0.3, 0.4) is 0 Å². The molecule has 0 aliphatic carbocycles. The number of ether oxygens (including phenoxy) is 2. The summed E-state index contributed by atoms with van der Waals surface area (Å²) in [6.07, 6.45) is 1.37. The number of hydrogen-bond acceptors (Lipinski definition) is 5. The number of barbiturate groups is 1. The molecule has 3 aromatic rings. The predicted molar refractivity (Wildman–Crippen MR) is 137 cm³/mol. The third kappa shape index (κ3) is 5.35. The zero-order valence-corrected chi connectivity index (χ0v) is 21.3. The molecule has 1 heterocycles. The van der Waals surface area contributed by atoms with Gasteiger partial charge in [0.15, 0.2) is 11.5 Å². The summed E-state index contributed by atoms with van der Waals surface area (Å²) in [6.45, 7) is 0.203. The second-order valence-corrected chi connectivity index (χ2v) is 9.05. The standard InChI is InChI=1S/C25H17BrCl2N2O5/c1-34-21-12-14(11-19(26)22(21)35-13-15-4-2-3-5-20(15)28)10-18-23(31)29-25(33)30(24(18)32)17-8-6-16(27)7-9-17/h2-12H,13H2,1H3,(H,29,31,33)/b18-10-. The molecule has 35 heavy (non-hydrogen) atoms. The number of imide groups is 2. The van der Waals surface area contributed by atoms with E-state index in [9.17, 15) is 14.4 Å². The van der Waals surface area contributed by atoms with Crippen LogP contribution in [-0.2, 0) is 16.2 Å². The van der Waals surface area contributed by atoms with Gasteiger partial charge in [-0.15, -0.1) is 0 Å². The summed E-state index contributed by atoms with van der Waals surface area (Å²) in [5, 5.41) is 3.21. The molecule has 0 unspecified atom stereocenters. The molecule has 10 heteroatoms. The number of nitrogens with one attached hydrogen (secondary N) is 1. The predicted octanol–water partition coefficient (Wildman–Crippen LogP) is 6.01. The van der Waals surface area contributed by atoms with Crippen molar-refractivity contribution in [3.05, 3.63) is 91.9 Å². The average Bonchev–Trinajstić information content (AvgIpc) is 2.83. The SMILES string of the molecule is COc1cc(/C=C2/C(=O)NC(=O)N(c3ccc(Cl)cc3)C2=O)cc(Br)c1OCc1ccccc1Cl. The summed E-state index contributed by atoms with van der Waals surface area (Å²) in [7, 11) is 1.47. The molecule has 0 spiro atoms. The fourth-order valence-corrected chi connectivity index (χ4v) is 4.27. The second kappa shape index (κ2) is 10.5. The fraction of sp³-hybridized carbons (Fsp3) is 0.0800. The van der Waals surface area contributed by atoms with E-state index in [1.807, 2.05) is 18.2 Å². The zero-order valence-electron chi connectivity index (χ0n) is 18.2. The maximum atomic E-state index is 13.1. The third-order valence-electron chi connectivity index (χ3n) is 5.08. The lowest BCUT2D eigenvalue weighted by Crippen LogP contribution is -2.54. The van der Waals surface area contributed by atoms with Gasteiger partial charge in [0, 0.05) is 15.6 Å². The van der Waals surface area contributed by atoms with Crippen molar-refractivity contribution in [2.24, 2.45) is 0 Å². The molecule has 1 N–H and O–H groups in total. The van der Waals surface area contributed by atoms with E-state index >= 15 is 0 Å². The summed E-state index contributed by atoms with van der Waals surface area (Å²) in [4.78, 5) is 38.8. The summed E-state index contributed by atoms with van der Waals surface area (Å²) in [5.41, 5.74) is 1.32. The Hall–Kier alpha value is -3.33. The van der Waals surface area contributed by atoms with Crippen molar-refractivity contribution < 1.29 is 23.9 Å². The molecule has 1 saturated heterocycles. The third-order valence-corrected chi connectivity index (χ3v) is 6.29. The molecule has 4 rings (SSSR count). The van der Waals surface area contributed by atoms with Gasteiger partial charge < -0.3 is 9.47 Å². The van der Waals surface area contributed by atoms with Crippen LogP contribution >= 0.6 is 39.1 Å². The number of anilines is 1. The number of carbonyl (C=O) groups is 3. The van der Waals surface area contributed by atoms with Crippen LogP contribution < -0.4 is 19.7 Å². The number of benzene rings is 3. The summed E-state index contributed by atoms with van der Waals surface area (Å²) < 4.78 is 11.9. The molecule has 1 aliphatic rings. The highest BCUT2D eigenvalue weighted by Crippen LogP contribution is 2.38. The van der Waals surface area contributed by atoms with Gasteiger partial charge >= 0.3 is 6.03 Å². The minimum Gasteiger partial charge on any atom is -0.493 e. The Balaban J connectivity index is 1.64. The van der Waals surface area contributed by atoms with Crippen LogP contribution in [0.2, 0.25) is 10.0 Å². The van der Waals surface area contributed by atoms with E-state index in [0.717, 1.165) is 10.5 Å². The Morgan fingerprint density at radius 3 is 2.43 bits per heavy atom. The smallest absolute Gasteiger partial charge is 0.335 e. The highest BCUT2D eigenvalue weighted by atomic mass is 79.9. The van der Waals surface area contributed by atoms with Gasteiger partial charge in [0.25, 0.3) is 11.8 Å². The van der Waals surface area contributed by atoms with Crippen molar-refractivity contribution in [1.29, 1.82) is 0 Å². The molecule has 7 nitrogen and oxygen atoms in total. The van der Waals surface area contributed by atoms with E-state index in [1.165, 1.54) is 25.3 Å². The second-order valence-electron chi connectivity index (χ2n) is 7.35. The molecular formula is C25H17BrCl2N2O5. The van der Waals surface area contributed by atoms with Gasteiger partial charge in [0.1, 0.15) is 12.2 Å². The molecular weight excluding hydrogens is 559 g/mol. The number of urea groups is 1. The molecule has 3 aromatic carbocycles. The number of methoxy groups -OCH3 is 1. The van der Waals surface area contributed by atoms with Crippen LogP contribution in [0.5, 0.6) is 11.5 Å². The Morgan fingerprint density at radius 1 is 1.03 bits per heavy atom. The van der Waals surface area contributed by atoms with Crippen molar-refractivity contribution in [3.8, 4) is 11.5 Å². The Bertz CT molecular complexity index is 1360. The zero-order chi connectivity index (χ0) is 25.1. The first-order valence-electron chi connectivity index (χ1n) is 10.2. The van der Waals surface area contributed by atoms with Crippen molar-refractivity contribution >= 4 is 68.7 Å². The highest BCUT2D eigenvalue weighted by Gasteiger charge is 2.36. The monoisotopic (exact) mass is 574 g/mol. The topological polar surface area (TPSA) is 84.9 Å². The number of nitrogens with zero attached hydrogens (tertiary/aromatic N) is 1. The lowest BCUT2D eigenvalue weighted by Gasteiger charge is -2.26. The summed E-state index contributed by atoms with van der Waals surface area (Å²) >= 11 is 15.6. The minimum atomic E-state index is -0.846. The van der Waals surface area contributed by atoms with E-state index in [1.54, 1.807) is 30.3 Å². The Kier molecular flexibility index (Phi) is 7.45. The molecule has 1 fully saturated rings. The summed E-state index contributed by atoms with van der Waals surface area (Å²) in [6, 6.07) is 15.9. The molecule has 178 valence electrons. The molecule has 0 atom stereocenters. The molecule has 4 amide bonds. The van der Waals surface area contributed by atoms with Gasteiger partial charge in [-0.3, -0.25) is 14.9 Å². The van der Waals surface area contributed by atoms with Crippen molar-refractivity contribution in [1.82, 2.24) is 5.32 Å². The van der Waals surface area contributed by atoms with Crippen LogP contribution in [0.4, 0.5) is 10.5 Å². The first kappa shape index (κ1) is 24.8. The van der Waals surface area contributed by atoms with Gasteiger partial charge in [-0.05, 0) is 70.0 Å². The van der Waals surface area contributed by atoms with Gasteiger partial charge in [0.2, 0.25) is 0 Å². The molecule has 0 bridgehead atoms. The molecule has 0 aromatic heterocycles. The largest absolute Gasteiger partial charge is 0.493 e. The lowest BCUT2D eigenvalue weighted by atomic mass is 10.1. The van der Waals surface area contributed by atoms with Crippen molar-refractivity contribution in [2.75, 3.05) is 12.0 Å². The van der Waals surface area contributed by atoms with Crippen LogP contribution in [0.1, 0.15) is 11.1 Å². The molecule has 0 radical (unpaired) electrons. The van der Waals surface area contributed by atoms with E-state index in [2.05, 4.69) is 21.2 Å². The maximum Gasteiger partial charge on any atom is 0.335 e. The first-order valence-corrected chi connectivity index (χ1v) is 11.7. The number of carbonyl (C=O) groups excluding carboxylic acids is 3. The van der Waals surface area contributed by atoms with Crippen molar-refractivity contribution in [2.45, 2.75) is 6.61 Å². The fourth-order valence-electron chi connectivity index (χ4n) is 3.38. The lowest BCUT2D eigenvalue weighted by molar-refractivity contribution is -0.122. The molecule has 0 saturated carbocycles. The van der Waals surface area contributed by atoms with Crippen LogP contribution in [0.15, 0.2) is 70.7 Å². The number of rotatable bonds is 6. The maximum absolute atomic E-state index is 13.1. The van der Waals surface area contributed by atoms with E-state index < -0.39 is 17.8 Å². The Labute approximate surface area is 219 Å².